The van der Waals surface area contributed by atoms with E-state index in [4.69, 9.17) is 0 Å². The van der Waals surface area contributed by atoms with Gasteiger partial charge in [0.1, 0.15) is 0 Å². The zero-order chi connectivity index (χ0) is 14.0. The Morgan fingerprint density at radius 1 is 1.26 bits per heavy atom. The molecule has 0 radical (unpaired) electrons. The molecule has 1 atom stereocenters. The monoisotopic (exact) mass is 270 g/mol. The van der Waals surface area contributed by atoms with Crippen LogP contribution in [0.1, 0.15) is 50.2 Å². The molecule has 0 aliphatic carbocycles. The first kappa shape index (κ1) is 13.9. The van der Waals surface area contributed by atoms with Crippen molar-refractivity contribution in [3.8, 4) is 0 Å². The second kappa shape index (κ2) is 5.23. The fourth-order valence-electron chi connectivity index (χ4n) is 2.52. The average molecular weight is 270 g/mol. The maximum absolute atomic E-state index is 13.2. The lowest BCUT2D eigenvalue weighted by atomic mass is 9.87. The highest BCUT2D eigenvalue weighted by Crippen LogP contribution is 2.39. The second-order valence-electron chi connectivity index (χ2n) is 4.79. The van der Waals surface area contributed by atoms with Crippen LogP contribution in [0.25, 0.3) is 10.9 Å². The van der Waals surface area contributed by atoms with Crippen LogP contribution in [0.15, 0.2) is 18.3 Å². The van der Waals surface area contributed by atoms with Crippen LogP contribution in [-0.2, 0) is 6.18 Å². The lowest BCUT2D eigenvalue weighted by molar-refractivity contribution is -0.138. The van der Waals surface area contributed by atoms with Crippen molar-refractivity contribution in [3.63, 3.8) is 0 Å². The van der Waals surface area contributed by atoms with Crippen LogP contribution in [0, 0.1) is 0 Å². The minimum Gasteiger partial charge on any atom is -0.278 e. The number of aromatic nitrogens is 2. The van der Waals surface area contributed by atoms with Gasteiger partial charge in [-0.25, -0.2) is 0 Å². The van der Waals surface area contributed by atoms with Crippen LogP contribution in [0.4, 0.5) is 13.2 Å². The molecular formula is C14H17F3N2. The Hall–Kier alpha value is -1.52. The lowest BCUT2D eigenvalue weighted by Gasteiger charge is -2.20. The smallest absolute Gasteiger partial charge is 0.278 e. The van der Waals surface area contributed by atoms with E-state index in [1.807, 2.05) is 13.8 Å². The van der Waals surface area contributed by atoms with Crippen LogP contribution < -0.4 is 0 Å². The van der Waals surface area contributed by atoms with Crippen molar-refractivity contribution in [3.05, 3.63) is 29.5 Å². The summed E-state index contributed by atoms with van der Waals surface area (Å²) in [6.07, 6.45) is -0.552. The van der Waals surface area contributed by atoms with Crippen molar-refractivity contribution in [2.24, 2.45) is 0 Å². The van der Waals surface area contributed by atoms with E-state index in [1.165, 1.54) is 12.3 Å². The van der Waals surface area contributed by atoms with Crippen LogP contribution >= 0.6 is 0 Å². The van der Waals surface area contributed by atoms with E-state index >= 15 is 0 Å². The number of fused-ring (bicyclic) bond motifs is 1. The van der Waals surface area contributed by atoms with Gasteiger partial charge in [0, 0.05) is 5.39 Å². The first-order valence-corrected chi connectivity index (χ1v) is 6.51. The molecule has 0 aliphatic heterocycles. The van der Waals surface area contributed by atoms with E-state index in [0.29, 0.717) is 22.9 Å². The van der Waals surface area contributed by atoms with Crippen LogP contribution in [0.2, 0.25) is 0 Å². The number of H-pyrrole nitrogens is 1. The van der Waals surface area contributed by atoms with E-state index in [1.54, 1.807) is 6.07 Å². The summed E-state index contributed by atoms with van der Waals surface area (Å²) in [4.78, 5) is 0. The molecule has 1 heterocycles. The highest BCUT2D eigenvalue weighted by atomic mass is 19.4. The fraction of sp³-hybridized carbons (Fsp3) is 0.500. The summed E-state index contributed by atoms with van der Waals surface area (Å²) in [6, 6.07) is 2.81. The Bertz CT molecular complexity index is 557. The van der Waals surface area contributed by atoms with Gasteiger partial charge in [-0.15, -0.1) is 0 Å². The summed E-state index contributed by atoms with van der Waals surface area (Å²) in [5.74, 6) is -0.0608. The molecule has 2 nitrogen and oxygen atoms in total. The number of aromatic amines is 1. The molecule has 0 saturated carbocycles. The van der Waals surface area contributed by atoms with Gasteiger partial charge in [0.15, 0.2) is 0 Å². The number of benzene rings is 1. The molecule has 19 heavy (non-hydrogen) atoms. The number of alkyl halides is 3. The summed E-state index contributed by atoms with van der Waals surface area (Å²) < 4.78 is 39.6. The molecule has 0 amide bonds. The third kappa shape index (κ3) is 2.74. The van der Waals surface area contributed by atoms with Gasteiger partial charge < -0.3 is 0 Å². The Labute approximate surface area is 110 Å². The van der Waals surface area contributed by atoms with Gasteiger partial charge in [0.25, 0.3) is 0 Å². The van der Waals surface area contributed by atoms with Crippen molar-refractivity contribution >= 4 is 10.9 Å². The summed E-state index contributed by atoms with van der Waals surface area (Å²) in [5, 5.41) is 7.05. The van der Waals surface area contributed by atoms with Crippen molar-refractivity contribution in [1.82, 2.24) is 10.2 Å². The average Bonchev–Trinajstić information content (AvgIpc) is 2.80. The van der Waals surface area contributed by atoms with Gasteiger partial charge in [-0.05, 0) is 36.5 Å². The normalized spacial score (nSPS) is 13.9. The van der Waals surface area contributed by atoms with Gasteiger partial charge in [-0.1, -0.05) is 20.3 Å². The van der Waals surface area contributed by atoms with Gasteiger partial charge in [-0.2, -0.15) is 18.3 Å². The van der Waals surface area contributed by atoms with Gasteiger partial charge in [0.05, 0.1) is 17.3 Å². The minimum atomic E-state index is -4.32. The molecular weight excluding hydrogens is 253 g/mol. The summed E-state index contributed by atoms with van der Waals surface area (Å²) in [7, 11) is 0. The van der Waals surface area contributed by atoms with Gasteiger partial charge >= 0.3 is 6.18 Å². The molecule has 1 unspecified atom stereocenters. The predicted molar refractivity (Wildman–Crippen MR) is 69.0 cm³/mol. The van der Waals surface area contributed by atoms with E-state index in [2.05, 4.69) is 10.2 Å². The molecule has 5 heteroatoms. The maximum atomic E-state index is 13.2. The molecule has 0 saturated heterocycles. The number of hydrogen-bond donors (Lipinski definition) is 1. The Balaban J connectivity index is 2.60. The summed E-state index contributed by atoms with van der Waals surface area (Å²) >= 11 is 0. The van der Waals surface area contributed by atoms with Gasteiger partial charge in [-0.3, -0.25) is 5.10 Å². The molecule has 1 N–H and O–H groups in total. The zero-order valence-electron chi connectivity index (χ0n) is 11.0. The topological polar surface area (TPSA) is 28.7 Å². The van der Waals surface area contributed by atoms with Crippen molar-refractivity contribution in [1.29, 1.82) is 0 Å². The molecule has 0 bridgehead atoms. The predicted octanol–water partition coefficient (Wildman–Crippen LogP) is 4.88. The standard InChI is InChI=1S/C14H17F3N2/c1-3-5-9(4-2)11-7-13-10(8-18-19-13)6-12(11)14(15,16)17/h6-9H,3-5H2,1-2H3,(H,18,19). The first-order chi connectivity index (χ1) is 8.97. The summed E-state index contributed by atoms with van der Waals surface area (Å²) in [6.45, 7) is 3.92. The van der Waals surface area contributed by atoms with E-state index in [0.717, 1.165) is 12.8 Å². The second-order valence-corrected chi connectivity index (χ2v) is 4.79. The molecule has 2 rings (SSSR count). The molecule has 104 valence electrons. The van der Waals surface area contributed by atoms with Crippen LogP contribution in [0.3, 0.4) is 0 Å². The highest BCUT2D eigenvalue weighted by molar-refractivity contribution is 5.80. The molecule has 1 aromatic heterocycles. The van der Waals surface area contributed by atoms with E-state index in [9.17, 15) is 13.2 Å². The third-order valence-electron chi connectivity index (χ3n) is 3.49. The summed E-state index contributed by atoms with van der Waals surface area (Å²) in [5.41, 5.74) is 0.521. The van der Waals surface area contributed by atoms with Gasteiger partial charge in [0.2, 0.25) is 0 Å². The number of halogens is 3. The Morgan fingerprint density at radius 3 is 2.58 bits per heavy atom. The maximum Gasteiger partial charge on any atom is 0.416 e. The number of nitrogens with one attached hydrogen (secondary N) is 1. The van der Waals surface area contributed by atoms with Crippen LogP contribution in [-0.4, -0.2) is 10.2 Å². The molecule has 2 aromatic rings. The van der Waals surface area contributed by atoms with E-state index < -0.39 is 11.7 Å². The van der Waals surface area contributed by atoms with Crippen molar-refractivity contribution < 1.29 is 13.2 Å². The minimum absolute atomic E-state index is 0.0608. The largest absolute Gasteiger partial charge is 0.416 e. The fourth-order valence-corrected chi connectivity index (χ4v) is 2.52. The Morgan fingerprint density at radius 2 is 2.00 bits per heavy atom. The quantitative estimate of drug-likeness (QED) is 0.843. The van der Waals surface area contributed by atoms with Crippen molar-refractivity contribution in [2.75, 3.05) is 0 Å². The highest BCUT2D eigenvalue weighted by Gasteiger charge is 2.35. The SMILES string of the molecule is CCCC(CC)c1cc2[nH]ncc2cc1C(F)(F)F. The molecule has 0 spiro atoms. The third-order valence-corrected chi connectivity index (χ3v) is 3.49. The lowest BCUT2D eigenvalue weighted by Crippen LogP contribution is -2.12. The molecule has 1 aromatic carbocycles. The molecule has 0 aliphatic rings. The number of rotatable bonds is 4. The zero-order valence-corrected chi connectivity index (χ0v) is 11.0. The van der Waals surface area contributed by atoms with Crippen LogP contribution in [0.5, 0.6) is 0 Å². The first-order valence-electron chi connectivity index (χ1n) is 6.51. The molecule has 0 fully saturated rings. The Kier molecular flexibility index (Phi) is 3.83. The van der Waals surface area contributed by atoms with E-state index in [-0.39, 0.29) is 5.92 Å². The van der Waals surface area contributed by atoms with Crippen molar-refractivity contribution in [2.45, 2.75) is 45.2 Å². The number of nitrogens with zero attached hydrogens (tertiary/aromatic N) is 1. The number of hydrogen-bond acceptors (Lipinski definition) is 1.